The molecule has 0 bridgehead atoms. The fourth-order valence-electron chi connectivity index (χ4n) is 3.56. The van der Waals surface area contributed by atoms with Crippen LogP contribution in [0.2, 0.25) is 0 Å². The molecule has 2 N–H and O–H groups in total. The molecule has 1 aromatic rings. The lowest BCUT2D eigenvalue weighted by Gasteiger charge is -2.42. The first-order valence-corrected chi connectivity index (χ1v) is 10.5. The molecule has 0 aliphatic heterocycles. The summed E-state index contributed by atoms with van der Waals surface area (Å²) < 4.78 is 11.3. The summed E-state index contributed by atoms with van der Waals surface area (Å²) in [6.07, 6.45) is 7.61. The van der Waals surface area contributed by atoms with E-state index in [0.29, 0.717) is 12.0 Å². The number of halogens is 1. The molecule has 0 spiro atoms. The second-order valence-corrected chi connectivity index (χ2v) is 8.01. The van der Waals surface area contributed by atoms with Gasteiger partial charge in [-0.1, -0.05) is 24.6 Å². The number of benzene rings is 1. The van der Waals surface area contributed by atoms with Gasteiger partial charge in [0.25, 0.3) is 0 Å². The Morgan fingerprint density at radius 2 is 2.00 bits per heavy atom. The number of nitrogens with zero attached hydrogens (tertiary/aromatic N) is 1. The van der Waals surface area contributed by atoms with Gasteiger partial charge in [-0.25, -0.2) is 4.99 Å². The molecule has 28 heavy (non-hydrogen) atoms. The Morgan fingerprint density at radius 1 is 1.21 bits per heavy atom. The van der Waals surface area contributed by atoms with Crippen LogP contribution >= 0.6 is 24.0 Å². The number of rotatable bonds is 11. The lowest BCUT2D eigenvalue weighted by molar-refractivity contribution is 0.0732. The molecule has 0 unspecified atom stereocenters. The average molecular weight is 501 g/mol. The summed E-state index contributed by atoms with van der Waals surface area (Å²) in [5.41, 5.74) is 1.52. The monoisotopic (exact) mass is 501 g/mol. The third kappa shape index (κ3) is 7.10. The SMILES string of the molecule is CCNC(=NCc1ccccc1OCC1CC1)NCC1(CCOC)CCC1.I. The van der Waals surface area contributed by atoms with E-state index < -0.39 is 0 Å². The Balaban J connectivity index is 0.00000280. The van der Waals surface area contributed by atoms with Crippen LogP contribution in [0.15, 0.2) is 29.3 Å². The van der Waals surface area contributed by atoms with E-state index in [1.807, 2.05) is 6.07 Å². The van der Waals surface area contributed by atoms with Gasteiger partial charge in [0.15, 0.2) is 5.96 Å². The van der Waals surface area contributed by atoms with Crippen molar-refractivity contribution in [1.29, 1.82) is 0 Å². The van der Waals surface area contributed by atoms with Crippen molar-refractivity contribution in [1.82, 2.24) is 10.6 Å². The molecule has 1 aromatic carbocycles. The molecule has 0 saturated heterocycles. The minimum Gasteiger partial charge on any atom is -0.493 e. The molecule has 2 fully saturated rings. The van der Waals surface area contributed by atoms with E-state index in [-0.39, 0.29) is 24.0 Å². The van der Waals surface area contributed by atoms with Gasteiger partial charge in [0.05, 0.1) is 13.2 Å². The Labute approximate surface area is 187 Å². The molecule has 3 rings (SSSR count). The molecule has 2 aliphatic carbocycles. The highest BCUT2D eigenvalue weighted by molar-refractivity contribution is 14.0. The molecule has 0 atom stereocenters. The molecule has 0 amide bonds. The van der Waals surface area contributed by atoms with Crippen molar-refractivity contribution in [3.05, 3.63) is 29.8 Å². The zero-order valence-electron chi connectivity index (χ0n) is 17.3. The first-order valence-electron chi connectivity index (χ1n) is 10.5. The van der Waals surface area contributed by atoms with E-state index in [1.165, 1.54) is 32.1 Å². The second-order valence-electron chi connectivity index (χ2n) is 8.01. The first-order chi connectivity index (χ1) is 13.2. The molecule has 0 heterocycles. The smallest absolute Gasteiger partial charge is 0.191 e. The van der Waals surface area contributed by atoms with Crippen molar-refractivity contribution < 1.29 is 9.47 Å². The maximum absolute atomic E-state index is 6.01. The van der Waals surface area contributed by atoms with E-state index in [4.69, 9.17) is 14.5 Å². The number of methoxy groups -OCH3 is 1. The zero-order chi connectivity index (χ0) is 19.0. The Kier molecular flexibility index (Phi) is 9.85. The van der Waals surface area contributed by atoms with Gasteiger partial charge in [0, 0.05) is 32.4 Å². The largest absolute Gasteiger partial charge is 0.493 e. The van der Waals surface area contributed by atoms with Crippen molar-refractivity contribution >= 4 is 29.9 Å². The summed E-state index contributed by atoms with van der Waals surface area (Å²) in [6, 6.07) is 8.27. The van der Waals surface area contributed by atoms with Crippen LogP contribution in [-0.2, 0) is 11.3 Å². The van der Waals surface area contributed by atoms with Crippen molar-refractivity contribution in [2.24, 2.45) is 16.3 Å². The van der Waals surface area contributed by atoms with E-state index in [1.54, 1.807) is 7.11 Å². The van der Waals surface area contributed by atoms with Gasteiger partial charge in [-0.15, -0.1) is 24.0 Å². The molecule has 158 valence electrons. The molecule has 2 saturated carbocycles. The lowest BCUT2D eigenvalue weighted by atomic mass is 9.67. The number of hydrogen-bond acceptors (Lipinski definition) is 3. The number of aliphatic imine (C=N–C) groups is 1. The molecule has 5 nitrogen and oxygen atoms in total. The van der Waals surface area contributed by atoms with Crippen molar-refractivity contribution in [2.75, 3.05) is 33.4 Å². The highest BCUT2D eigenvalue weighted by Crippen LogP contribution is 2.43. The molecule has 0 aromatic heterocycles. The van der Waals surface area contributed by atoms with Crippen LogP contribution in [0, 0.1) is 11.3 Å². The van der Waals surface area contributed by atoms with Crippen LogP contribution in [0.3, 0.4) is 0 Å². The summed E-state index contributed by atoms with van der Waals surface area (Å²) >= 11 is 0. The maximum atomic E-state index is 6.01. The van der Waals surface area contributed by atoms with Crippen LogP contribution < -0.4 is 15.4 Å². The molecule has 6 heteroatoms. The van der Waals surface area contributed by atoms with Gasteiger partial charge in [-0.2, -0.15) is 0 Å². The summed E-state index contributed by atoms with van der Waals surface area (Å²) in [6.45, 7) is 6.22. The lowest BCUT2D eigenvalue weighted by Crippen LogP contribution is -2.46. The first kappa shape index (κ1) is 23.3. The standard InChI is InChI=1S/C22H35N3O2.HI/c1-3-23-21(25-17-22(11-6-12-22)13-14-26-2)24-15-19-7-4-5-8-20(19)27-16-18-9-10-18;/h4-5,7-8,18H,3,6,9-17H2,1-2H3,(H2,23,24,25);1H. The number of ether oxygens (including phenoxy) is 2. The predicted octanol–water partition coefficient (Wildman–Crippen LogP) is 4.36. The van der Waals surface area contributed by atoms with Crippen molar-refractivity contribution in [3.63, 3.8) is 0 Å². The Bertz CT molecular complexity index is 616. The average Bonchev–Trinajstić information content (AvgIpc) is 3.48. The fourth-order valence-corrected chi connectivity index (χ4v) is 3.56. The molecular weight excluding hydrogens is 465 g/mol. The van der Waals surface area contributed by atoms with Crippen LogP contribution in [0.25, 0.3) is 0 Å². The number of hydrogen-bond donors (Lipinski definition) is 2. The van der Waals surface area contributed by atoms with Crippen LogP contribution in [0.5, 0.6) is 5.75 Å². The maximum Gasteiger partial charge on any atom is 0.191 e. The van der Waals surface area contributed by atoms with Gasteiger partial charge < -0.3 is 20.1 Å². The minimum absolute atomic E-state index is 0. The number of para-hydroxylation sites is 1. The van der Waals surface area contributed by atoms with Crippen LogP contribution in [0.1, 0.15) is 51.0 Å². The highest BCUT2D eigenvalue weighted by atomic mass is 127. The summed E-state index contributed by atoms with van der Waals surface area (Å²) in [5.74, 6) is 2.61. The van der Waals surface area contributed by atoms with Gasteiger partial charge >= 0.3 is 0 Å². The summed E-state index contributed by atoms with van der Waals surface area (Å²) in [4.78, 5) is 4.81. The van der Waals surface area contributed by atoms with E-state index in [9.17, 15) is 0 Å². The van der Waals surface area contributed by atoms with Gasteiger partial charge in [-0.3, -0.25) is 0 Å². The topological polar surface area (TPSA) is 54.9 Å². The Hall–Kier alpha value is -1.02. The highest BCUT2D eigenvalue weighted by Gasteiger charge is 2.36. The van der Waals surface area contributed by atoms with Gasteiger partial charge in [0.1, 0.15) is 5.75 Å². The van der Waals surface area contributed by atoms with Crippen molar-refractivity contribution in [2.45, 2.75) is 52.0 Å². The van der Waals surface area contributed by atoms with Crippen molar-refractivity contribution in [3.8, 4) is 5.75 Å². The van der Waals surface area contributed by atoms with Gasteiger partial charge in [-0.05, 0) is 56.4 Å². The Morgan fingerprint density at radius 3 is 2.64 bits per heavy atom. The second kappa shape index (κ2) is 11.9. The molecule has 2 aliphatic rings. The van der Waals surface area contributed by atoms with Gasteiger partial charge in [0.2, 0.25) is 0 Å². The third-order valence-electron chi connectivity index (χ3n) is 5.78. The fraction of sp³-hybridized carbons (Fsp3) is 0.682. The zero-order valence-corrected chi connectivity index (χ0v) is 19.7. The molecular formula is C22H36IN3O2. The van der Waals surface area contributed by atoms with E-state index in [0.717, 1.165) is 55.9 Å². The quantitative estimate of drug-likeness (QED) is 0.269. The normalized spacial score (nSPS) is 18.0. The predicted molar refractivity (Wildman–Crippen MR) is 126 cm³/mol. The molecule has 0 radical (unpaired) electrons. The number of guanidine groups is 1. The minimum atomic E-state index is 0. The third-order valence-corrected chi connectivity index (χ3v) is 5.78. The van der Waals surface area contributed by atoms with Crippen LogP contribution in [0.4, 0.5) is 0 Å². The summed E-state index contributed by atoms with van der Waals surface area (Å²) in [5, 5.41) is 6.94. The number of nitrogens with one attached hydrogen (secondary N) is 2. The van der Waals surface area contributed by atoms with E-state index in [2.05, 4.69) is 35.8 Å². The summed E-state index contributed by atoms with van der Waals surface area (Å²) in [7, 11) is 1.79. The van der Waals surface area contributed by atoms with E-state index >= 15 is 0 Å². The van der Waals surface area contributed by atoms with Crippen LogP contribution in [-0.4, -0.2) is 39.4 Å².